The maximum Gasteiger partial charge on any atom is 0.416 e. The van der Waals surface area contributed by atoms with Crippen LogP contribution in [-0.4, -0.2) is 0 Å². The minimum Gasteiger partial charge on any atom is -0.166 e. The lowest BCUT2D eigenvalue weighted by Crippen LogP contribution is -2.14. The van der Waals surface area contributed by atoms with Crippen molar-refractivity contribution < 1.29 is 26.3 Å². The van der Waals surface area contributed by atoms with Crippen LogP contribution in [0.2, 0.25) is 0 Å². The second kappa shape index (κ2) is 5.43. The molecule has 6 heteroatoms. The highest BCUT2D eigenvalue weighted by atomic mass is 19.4. The summed E-state index contributed by atoms with van der Waals surface area (Å²) in [5, 5.41) is 0. The zero-order valence-corrected chi connectivity index (χ0v) is 10.5. The Hall–Kier alpha value is -1.20. The molecular weight excluding hydrogens is 270 g/mol. The van der Waals surface area contributed by atoms with Gasteiger partial charge in [0.25, 0.3) is 0 Å². The fraction of sp³-hybridized carbons (Fsp3) is 0.538. The SMILES string of the molecule is CCC(C)Cc1cc(C(F)(F)F)ccc1C(F)(F)F. The first kappa shape index (κ1) is 15.9. The van der Waals surface area contributed by atoms with Crippen molar-refractivity contribution in [3.63, 3.8) is 0 Å². The summed E-state index contributed by atoms with van der Waals surface area (Å²) in [4.78, 5) is 0. The Bertz CT molecular complexity index is 430. The van der Waals surface area contributed by atoms with Crippen LogP contribution < -0.4 is 0 Å². The summed E-state index contributed by atoms with van der Waals surface area (Å²) in [7, 11) is 0. The van der Waals surface area contributed by atoms with Crippen molar-refractivity contribution in [2.75, 3.05) is 0 Å². The number of rotatable bonds is 3. The Kier molecular flexibility index (Phi) is 4.53. The van der Waals surface area contributed by atoms with Gasteiger partial charge in [-0.25, -0.2) is 0 Å². The summed E-state index contributed by atoms with van der Waals surface area (Å²) in [6.45, 7) is 3.49. The number of hydrogen-bond donors (Lipinski definition) is 0. The Labute approximate surface area is 107 Å². The molecule has 0 saturated carbocycles. The topological polar surface area (TPSA) is 0 Å². The molecule has 108 valence electrons. The first-order chi connectivity index (χ1) is 8.55. The fourth-order valence-corrected chi connectivity index (χ4v) is 1.74. The fourth-order valence-electron chi connectivity index (χ4n) is 1.74. The van der Waals surface area contributed by atoms with E-state index in [1.807, 2.05) is 0 Å². The molecule has 0 amide bonds. The molecule has 0 fully saturated rings. The summed E-state index contributed by atoms with van der Waals surface area (Å²) >= 11 is 0. The van der Waals surface area contributed by atoms with E-state index in [1.54, 1.807) is 13.8 Å². The maximum absolute atomic E-state index is 12.7. The lowest BCUT2D eigenvalue weighted by Gasteiger charge is -2.17. The largest absolute Gasteiger partial charge is 0.416 e. The van der Waals surface area contributed by atoms with E-state index in [-0.39, 0.29) is 17.9 Å². The third-order valence-corrected chi connectivity index (χ3v) is 3.00. The molecule has 0 bridgehead atoms. The van der Waals surface area contributed by atoms with Gasteiger partial charge in [-0.15, -0.1) is 0 Å². The van der Waals surface area contributed by atoms with E-state index in [9.17, 15) is 26.3 Å². The quantitative estimate of drug-likeness (QED) is 0.659. The predicted octanol–water partition coefficient (Wildman–Crippen LogP) is 5.31. The highest BCUT2D eigenvalue weighted by Gasteiger charge is 2.36. The molecule has 1 aromatic carbocycles. The van der Waals surface area contributed by atoms with Gasteiger partial charge >= 0.3 is 12.4 Å². The van der Waals surface area contributed by atoms with Crippen molar-refractivity contribution in [2.24, 2.45) is 5.92 Å². The number of halogens is 6. The van der Waals surface area contributed by atoms with Crippen molar-refractivity contribution in [3.05, 3.63) is 34.9 Å². The zero-order valence-electron chi connectivity index (χ0n) is 10.5. The van der Waals surface area contributed by atoms with Gasteiger partial charge in [0.2, 0.25) is 0 Å². The minimum atomic E-state index is -4.63. The molecule has 19 heavy (non-hydrogen) atoms. The van der Waals surface area contributed by atoms with Crippen LogP contribution >= 0.6 is 0 Å². The van der Waals surface area contributed by atoms with Crippen LogP contribution in [0.15, 0.2) is 18.2 Å². The van der Waals surface area contributed by atoms with Gasteiger partial charge in [0.15, 0.2) is 0 Å². The van der Waals surface area contributed by atoms with Gasteiger partial charge in [-0.1, -0.05) is 20.3 Å². The molecule has 1 unspecified atom stereocenters. The molecule has 1 atom stereocenters. The van der Waals surface area contributed by atoms with E-state index in [0.29, 0.717) is 24.6 Å². The third kappa shape index (κ3) is 4.14. The highest BCUT2D eigenvalue weighted by molar-refractivity contribution is 5.35. The molecule has 1 rings (SSSR count). The molecule has 1 aromatic rings. The van der Waals surface area contributed by atoms with Crippen molar-refractivity contribution in [1.29, 1.82) is 0 Å². The van der Waals surface area contributed by atoms with Gasteiger partial charge in [-0.2, -0.15) is 26.3 Å². The average molecular weight is 284 g/mol. The average Bonchev–Trinajstić information content (AvgIpc) is 2.26. The van der Waals surface area contributed by atoms with Gasteiger partial charge in [-0.05, 0) is 36.1 Å². The van der Waals surface area contributed by atoms with E-state index in [4.69, 9.17) is 0 Å². The van der Waals surface area contributed by atoms with Gasteiger partial charge in [0.1, 0.15) is 0 Å². The predicted molar refractivity (Wildman–Crippen MR) is 59.6 cm³/mol. The second-order valence-electron chi connectivity index (χ2n) is 4.58. The smallest absolute Gasteiger partial charge is 0.166 e. The summed E-state index contributed by atoms with van der Waals surface area (Å²) in [6, 6.07) is 1.60. The molecule has 0 N–H and O–H groups in total. The molecule has 0 aliphatic carbocycles. The Morgan fingerprint density at radius 2 is 1.58 bits per heavy atom. The molecule has 0 saturated heterocycles. The molecular formula is C13H14F6. The number of benzene rings is 1. The number of hydrogen-bond acceptors (Lipinski definition) is 0. The molecule has 0 aliphatic heterocycles. The standard InChI is InChI=1S/C13H14F6/c1-3-8(2)6-9-7-10(12(14,15)16)4-5-11(9)13(17,18)19/h4-5,7-8H,3,6H2,1-2H3. The van der Waals surface area contributed by atoms with E-state index in [0.717, 1.165) is 0 Å². The van der Waals surface area contributed by atoms with Crippen LogP contribution in [-0.2, 0) is 18.8 Å². The van der Waals surface area contributed by atoms with Crippen molar-refractivity contribution in [1.82, 2.24) is 0 Å². The van der Waals surface area contributed by atoms with Crippen molar-refractivity contribution in [3.8, 4) is 0 Å². The second-order valence-corrected chi connectivity index (χ2v) is 4.58. The minimum absolute atomic E-state index is 0.0186. The van der Waals surface area contributed by atoms with E-state index < -0.39 is 23.5 Å². The maximum atomic E-state index is 12.7. The van der Waals surface area contributed by atoms with Crippen molar-refractivity contribution >= 4 is 0 Å². The Balaban J connectivity index is 3.27. The molecule has 0 aliphatic rings. The van der Waals surface area contributed by atoms with Crippen LogP contribution in [0.4, 0.5) is 26.3 Å². The van der Waals surface area contributed by atoms with Gasteiger partial charge in [0, 0.05) is 0 Å². The van der Waals surface area contributed by atoms with Gasteiger partial charge in [-0.3, -0.25) is 0 Å². The van der Waals surface area contributed by atoms with E-state index in [1.165, 1.54) is 0 Å². The lowest BCUT2D eigenvalue weighted by atomic mass is 9.93. The molecule has 0 spiro atoms. The highest BCUT2D eigenvalue weighted by Crippen LogP contribution is 2.37. The Morgan fingerprint density at radius 1 is 1.00 bits per heavy atom. The summed E-state index contributed by atoms with van der Waals surface area (Å²) < 4.78 is 75.9. The molecule has 0 heterocycles. The van der Waals surface area contributed by atoms with Crippen LogP contribution in [0.25, 0.3) is 0 Å². The van der Waals surface area contributed by atoms with Crippen LogP contribution in [0.3, 0.4) is 0 Å². The van der Waals surface area contributed by atoms with Gasteiger partial charge in [0.05, 0.1) is 11.1 Å². The Morgan fingerprint density at radius 3 is 2.00 bits per heavy atom. The normalized spacial score (nSPS) is 14.5. The molecule has 0 radical (unpaired) electrons. The lowest BCUT2D eigenvalue weighted by molar-refractivity contribution is -0.141. The molecule has 0 aromatic heterocycles. The third-order valence-electron chi connectivity index (χ3n) is 3.00. The van der Waals surface area contributed by atoms with Crippen LogP contribution in [0, 0.1) is 5.92 Å². The summed E-state index contributed by atoms with van der Waals surface area (Å²) in [5.41, 5.74) is -2.32. The van der Waals surface area contributed by atoms with Crippen LogP contribution in [0.5, 0.6) is 0 Å². The van der Waals surface area contributed by atoms with E-state index >= 15 is 0 Å². The zero-order chi connectivity index (χ0) is 14.8. The summed E-state index contributed by atoms with van der Waals surface area (Å²) in [5.74, 6) is -0.107. The van der Waals surface area contributed by atoms with E-state index in [2.05, 4.69) is 0 Å². The summed E-state index contributed by atoms with van der Waals surface area (Å²) in [6.07, 6.45) is -8.68. The monoisotopic (exact) mass is 284 g/mol. The molecule has 0 nitrogen and oxygen atoms in total. The van der Waals surface area contributed by atoms with Crippen LogP contribution in [0.1, 0.15) is 37.0 Å². The number of alkyl halides is 6. The first-order valence-corrected chi connectivity index (χ1v) is 5.83. The van der Waals surface area contributed by atoms with Crippen molar-refractivity contribution in [2.45, 2.75) is 39.0 Å². The van der Waals surface area contributed by atoms with Gasteiger partial charge < -0.3 is 0 Å². The first-order valence-electron chi connectivity index (χ1n) is 5.83.